The number of aromatic hydroxyl groups is 1. The van der Waals surface area contributed by atoms with Crippen LogP contribution in [0.5, 0.6) is 11.5 Å². The quantitative estimate of drug-likeness (QED) is 0.285. The molecule has 1 aromatic carbocycles. The molecule has 0 unspecified atom stereocenters. The Morgan fingerprint density at radius 2 is 1.82 bits per heavy atom. The predicted molar refractivity (Wildman–Crippen MR) is 79.9 cm³/mol. The first kappa shape index (κ1) is 17.4. The number of Topliss-reactive ketones (excluding diaryl/α,β-unsaturated/α-hetero) is 2. The van der Waals surface area contributed by atoms with Crippen molar-refractivity contribution in [1.29, 1.82) is 0 Å². The van der Waals surface area contributed by atoms with E-state index in [0.717, 1.165) is 6.07 Å². The lowest BCUT2D eigenvalue weighted by Gasteiger charge is -2.12. The third-order valence-corrected chi connectivity index (χ3v) is 2.71. The maximum atomic E-state index is 11.4. The molecule has 0 heterocycles. The molecule has 1 N–H and O–H groups in total. The highest BCUT2D eigenvalue weighted by Gasteiger charge is 2.21. The molecule has 0 spiro atoms. The van der Waals surface area contributed by atoms with Crippen LogP contribution in [0.3, 0.4) is 0 Å². The van der Waals surface area contributed by atoms with Crippen LogP contribution in [0.4, 0.5) is 5.69 Å². The third-order valence-electron chi connectivity index (χ3n) is 2.71. The fourth-order valence-corrected chi connectivity index (χ4v) is 1.80. The maximum Gasteiger partial charge on any atom is 0.315 e. The van der Waals surface area contributed by atoms with E-state index in [9.17, 15) is 24.8 Å². The van der Waals surface area contributed by atoms with E-state index in [1.54, 1.807) is 13.8 Å². The highest BCUT2D eigenvalue weighted by atomic mass is 16.6. The summed E-state index contributed by atoms with van der Waals surface area (Å²) >= 11 is 0. The van der Waals surface area contributed by atoms with E-state index in [2.05, 4.69) is 0 Å². The number of benzene rings is 1. The Bertz CT molecular complexity index is 644. The standard InChI is InChI=1S/C15H17NO6/c1-8(2)22-14-7-11(5-12(9(3)17)10(4)18)6-13(15(14)19)16(20)21/h5-8,19H,1-4H3. The molecule has 0 saturated carbocycles. The van der Waals surface area contributed by atoms with Gasteiger partial charge in [-0.15, -0.1) is 0 Å². The Hall–Kier alpha value is -2.70. The van der Waals surface area contributed by atoms with Crippen LogP contribution in [0.2, 0.25) is 0 Å². The van der Waals surface area contributed by atoms with Crippen LogP contribution in [0.15, 0.2) is 17.7 Å². The number of carbonyl (C=O) groups excluding carboxylic acids is 2. The molecule has 0 fully saturated rings. The number of phenols is 1. The molecule has 1 aromatic rings. The van der Waals surface area contributed by atoms with E-state index >= 15 is 0 Å². The number of phenolic OH excluding ortho intramolecular Hbond substituents is 1. The lowest BCUT2D eigenvalue weighted by atomic mass is 10.0. The summed E-state index contributed by atoms with van der Waals surface area (Å²) in [7, 11) is 0. The molecule has 0 aliphatic heterocycles. The number of rotatable bonds is 6. The van der Waals surface area contributed by atoms with Crippen molar-refractivity contribution < 1.29 is 24.4 Å². The summed E-state index contributed by atoms with van der Waals surface area (Å²) in [4.78, 5) is 33.1. The second kappa shape index (κ2) is 6.84. The lowest BCUT2D eigenvalue weighted by Crippen LogP contribution is -2.07. The Morgan fingerprint density at radius 3 is 2.23 bits per heavy atom. The SMILES string of the molecule is CC(=O)C(=Cc1cc(OC(C)C)c(O)c([N+](=O)[O-])c1)C(C)=O. The van der Waals surface area contributed by atoms with Crippen LogP contribution in [-0.2, 0) is 9.59 Å². The topological polar surface area (TPSA) is 107 Å². The molecular weight excluding hydrogens is 290 g/mol. The molecule has 7 nitrogen and oxygen atoms in total. The van der Waals surface area contributed by atoms with Gasteiger partial charge in [0.15, 0.2) is 17.3 Å². The summed E-state index contributed by atoms with van der Waals surface area (Å²) in [5.74, 6) is -1.57. The van der Waals surface area contributed by atoms with Gasteiger partial charge >= 0.3 is 5.69 Å². The monoisotopic (exact) mass is 307 g/mol. The minimum Gasteiger partial charge on any atom is -0.500 e. The first-order chi connectivity index (χ1) is 10.1. The minimum atomic E-state index is -0.763. The number of nitro groups is 1. The number of ketones is 2. The molecule has 0 saturated heterocycles. The van der Waals surface area contributed by atoms with Crippen molar-refractivity contribution in [2.75, 3.05) is 0 Å². The fourth-order valence-electron chi connectivity index (χ4n) is 1.80. The van der Waals surface area contributed by atoms with Gasteiger partial charge in [-0.1, -0.05) is 0 Å². The van der Waals surface area contributed by atoms with Gasteiger partial charge in [-0.05, 0) is 45.4 Å². The van der Waals surface area contributed by atoms with Crippen LogP contribution < -0.4 is 4.74 Å². The molecule has 1 rings (SSSR count). The molecule has 118 valence electrons. The van der Waals surface area contributed by atoms with Gasteiger partial charge in [0.25, 0.3) is 0 Å². The van der Waals surface area contributed by atoms with Crippen LogP contribution >= 0.6 is 0 Å². The highest BCUT2D eigenvalue weighted by molar-refractivity contribution is 6.21. The number of hydrogen-bond donors (Lipinski definition) is 1. The van der Waals surface area contributed by atoms with Crippen molar-refractivity contribution in [3.8, 4) is 11.5 Å². The number of allylic oxidation sites excluding steroid dienone is 1. The number of ether oxygens (including phenoxy) is 1. The van der Waals surface area contributed by atoms with Crippen molar-refractivity contribution >= 4 is 23.3 Å². The zero-order valence-corrected chi connectivity index (χ0v) is 12.7. The average molecular weight is 307 g/mol. The Kier molecular flexibility index (Phi) is 5.39. The Labute approximate surface area is 127 Å². The fraction of sp³-hybridized carbons (Fsp3) is 0.333. The Morgan fingerprint density at radius 1 is 1.27 bits per heavy atom. The second-order valence-corrected chi connectivity index (χ2v) is 4.98. The van der Waals surface area contributed by atoms with Gasteiger partial charge in [-0.2, -0.15) is 0 Å². The van der Waals surface area contributed by atoms with Crippen molar-refractivity contribution in [1.82, 2.24) is 0 Å². The molecule has 0 amide bonds. The third kappa shape index (κ3) is 4.15. The van der Waals surface area contributed by atoms with Gasteiger partial charge in [-0.25, -0.2) is 0 Å². The van der Waals surface area contributed by atoms with Gasteiger partial charge < -0.3 is 9.84 Å². The number of carbonyl (C=O) groups is 2. The van der Waals surface area contributed by atoms with E-state index in [4.69, 9.17) is 4.74 Å². The van der Waals surface area contributed by atoms with E-state index in [1.165, 1.54) is 26.0 Å². The van der Waals surface area contributed by atoms with Crippen molar-refractivity contribution in [3.63, 3.8) is 0 Å². The number of nitro benzene ring substituents is 1. The van der Waals surface area contributed by atoms with E-state index < -0.39 is 27.9 Å². The van der Waals surface area contributed by atoms with Gasteiger partial charge in [0.05, 0.1) is 16.6 Å². The van der Waals surface area contributed by atoms with Crippen LogP contribution in [0, 0.1) is 10.1 Å². The van der Waals surface area contributed by atoms with E-state index in [-0.39, 0.29) is 23.0 Å². The van der Waals surface area contributed by atoms with Crippen molar-refractivity contribution in [2.24, 2.45) is 0 Å². The molecule has 0 atom stereocenters. The molecule has 22 heavy (non-hydrogen) atoms. The summed E-state index contributed by atoms with van der Waals surface area (Å²) < 4.78 is 5.33. The summed E-state index contributed by atoms with van der Waals surface area (Å²) in [6.45, 7) is 5.86. The van der Waals surface area contributed by atoms with E-state index in [0.29, 0.717) is 0 Å². The van der Waals surface area contributed by atoms with Gasteiger partial charge in [0.2, 0.25) is 5.75 Å². The summed E-state index contributed by atoms with van der Waals surface area (Å²) in [6.07, 6.45) is 0.925. The minimum absolute atomic E-state index is 0.0816. The first-order valence-electron chi connectivity index (χ1n) is 6.55. The predicted octanol–water partition coefficient (Wildman–Crippen LogP) is 2.65. The van der Waals surface area contributed by atoms with Crippen LogP contribution in [0.25, 0.3) is 6.08 Å². The summed E-state index contributed by atoms with van der Waals surface area (Å²) in [5, 5.41) is 20.9. The molecule has 0 aliphatic carbocycles. The molecule has 0 bridgehead atoms. The largest absolute Gasteiger partial charge is 0.500 e. The molecule has 7 heteroatoms. The average Bonchev–Trinajstić information content (AvgIpc) is 2.37. The highest BCUT2D eigenvalue weighted by Crippen LogP contribution is 2.38. The zero-order chi connectivity index (χ0) is 17.0. The van der Waals surface area contributed by atoms with Gasteiger partial charge in [0, 0.05) is 6.07 Å². The smallest absolute Gasteiger partial charge is 0.315 e. The maximum absolute atomic E-state index is 11.4. The summed E-state index contributed by atoms with van der Waals surface area (Å²) in [6, 6.07) is 2.42. The van der Waals surface area contributed by atoms with Crippen LogP contribution in [-0.4, -0.2) is 27.7 Å². The lowest BCUT2D eigenvalue weighted by molar-refractivity contribution is -0.386. The second-order valence-electron chi connectivity index (χ2n) is 4.98. The molecular formula is C15H17NO6. The normalized spacial score (nSPS) is 10.2. The molecule has 0 aromatic heterocycles. The number of hydrogen-bond acceptors (Lipinski definition) is 6. The Balaban J connectivity index is 3.51. The first-order valence-corrected chi connectivity index (χ1v) is 6.55. The number of nitrogens with zero attached hydrogens (tertiary/aromatic N) is 1. The van der Waals surface area contributed by atoms with Gasteiger partial charge in [0.1, 0.15) is 0 Å². The summed E-state index contributed by atoms with van der Waals surface area (Å²) in [5.41, 5.74) is -0.424. The molecule has 0 radical (unpaired) electrons. The van der Waals surface area contributed by atoms with Crippen LogP contribution in [0.1, 0.15) is 33.3 Å². The van der Waals surface area contributed by atoms with E-state index in [1.807, 2.05) is 0 Å². The van der Waals surface area contributed by atoms with Gasteiger partial charge in [-0.3, -0.25) is 19.7 Å². The zero-order valence-electron chi connectivity index (χ0n) is 12.7. The van der Waals surface area contributed by atoms with Crippen molar-refractivity contribution in [3.05, 3.63) is 33.4 Å². The molecule has 0 aliphatic rings. The van der Waals surface area contributed by atoms with Crippen molar-refractivity contribution in [2.45, 2.75) is 33.8 Å².